The van der Waals surface area contributed by atoms with E-state index in [1.54, 1.807) is 18.9 Å². The molecule has 8 nitrogen and oxygen atoms in total. The zero-order chi connectivity index (χ0) is 27.0. The molecule has 0 aromatic carbocycles. The van der Waals surface area contributed by atoms with E-state index >= 15 is 0 Å². The third-order valence-corrected chi connectivity index (χ3v) is 8.44. The van der Waals surface area contributed by atoms with Gasteiger partial charge in [0.1, 0.15) is 0 Å². The van der Waals surface area contributed by atoms with Crippen LogP contribution in [0.2, 0.25) is 0 Å². The molecule has 1 amide bonds. The van der Waals surface area contributed by atoms with E-state index < -0.39 is 0 Å². The third kappa shape index (κ3) is 13.2. The van der Waals surface area contributed by atoms with Crippen LogP contribution in [0.5, 0.6) is 0 Å². The molecule has 0 spiro atoms. The van der Waals surface area contributed by atoms with Crippen molar-refractivity contribution in [1.82, 2.24) is 31.6 Å². The fourth-order valence-electron chi connectivity index (χ4n) is 5.60. The quantitative estimate of drug-likeness (QED) is 0.180. The predicted molar refractivity (Wildman–Crippen MR) is 160 cm³/mol. The van der Waals surface area contributed by atoms with Gasteiger partial charge in [-0.1, -0.05) is 33.1 Å². The van der Waals surface area contributed by atoms with E-state index in [9.17, 15) is 4.79 Å². The van der Waals surface area contributed by atoms with E-state index in [0.29, 0.717) is 43.1 Å². The van der Waals surface area contributed by atoms with Crippen molar-refractivity contribution in [1.29, 1.82) is 0 Å². The molecule has 0 radical (unpaired) electrons. The summed E-state index contributed by atoms with van der Waals surface area (Å²) in [6.07, 6.45) is 10.1. The number of carbonyl (C=O) groups excluding carboxylic acids is 1. The number of carbonyl (C=O) groups is 1. The Hall–Kier alpha value is -0.131. The molecule has 1 aliphatic heterocycles. The second kappa shape index (κ2) is 20.7. The second-order valence-corrected chi connectivity index (χ2v) is 13.1. The number of nitrogens with one attached hydrogen (secondary N) is 5. The Balaban J connectivity index is 0.00000127. The molecule has 0 saturated heterocycles. The summed E-state index contributed by atoms with van der Waals surface area (Å²) < 4.78 is 5.02. The van der Waals surface area contributed by atoms with Gasteiger partial charge < -0.3 is 31.3 Å². The van der Waals surface area contributed by atoms with Crippen molar-refractivity contribution in [3.63, 3.8) is 0 Å². The third-order valence-electron chi connectivity index (χ3n) is 7.46. The number of aromatic nitrogens is 1. The number of rotatable bonds is 6. The molecule has 1 aromatic heterocycles. The molecule has 5 N–H and O–H groups in total. The predicted octanol–water partition coefficient (Wildman–Crippen LogP) is 3.94. The zero-order valence-electron chi connectivity index (χ0n) is 22.4. The Morgan fingerprint density at radius 3 is 1.87 bits per heavy atom. The first-order valence-electron chi connectivity index (χ1n) is 13.8. The van der Waals surface area contributed by atoms with Crippen LogP contribution >= 0.6 is 32.0 Å². The molecular weight excluding hydrogens is 598 g/mol. The van der Waals surface area contributed by atoms with Gasteiger partial charge in [0.25, 0.3) is 0 Å². The monoisotopic (exact) mass is 645 g/mol. The molecule has 2 heterocycles. The Kier molecular flexibility index (Phi) is 18.6. The number of amides is 1. The molecule has 4 rings (SSSR count). The number of pyridine rings is 1. The van der Waals surface area contributed by atoms with Gasteiger partial charge in [0.2, 0.25) is 5.91 Å². The van der Waals surface area contributed by atoms with Crippen molar-refractivity contribution in [3.05, 3.63) is 23.5 Å². The summed E-state index contributed by atoms with van der Waals surface area (Å²) in [5.41, 5.74) is 2.12. The Morgan fingerprint density at radius 1 is 0.949 bits per heavy atom. The summed E-state index contributed by atoms with van der Waals surface area (Å²) >= 11 is 1.59. The maximum absolute atomic E-state index is 12.2. The molecule has 2 bridgehead atoms. The minimum absolute atomic E-state index is 0. The van der Waals surface area contributed by atoms with Crippen molar-refractivity contribution < 1.29 is 22.7 Å². The number of halogens is 2. The van der Waals surface area contributed by atoms with Crippen LogP contribution in [0.1, 0.15) is 70.2 Å². The van der Waals surface area contributed by atoms with E-state index in [0.717, 1.165) is 42.5 Å². The summed E-state index contributed by atoms with van der Waals surface area (Å²) in [6.45, 7) is 4.63. The average molecular weight is 647 g/mol. The normalized spacial score (nSPS) is 25.7. The molecule has 2 saturated carbocycles. The number of thioether (sulfide) groups is 1. The maximum atomic E-state index is 12.2. The van der Waals surface area contributed by atoms with E-state index in [1.165, 1.54) is 51.4 Å². The van der Waals surface area contributed by atoms with Crippen LogP contribution < -0.4 is 26.6 Å². The minimum atomic E-state index is 0. The second-order valence-electron chi connectivity index (χ2n) is 10.1. The van der Waals surface area contributed by atoms with E-state index in [1.807, 2.05) is 0 Å². The number of hydrogen-bond acceptors (Lipinski definition) is 8. The standard InChI is InChI=1S/C26H44N6O2S.CH4.2ClH.Mn/c1-34-13-12-29-26(33)18-35-21-14-19-16-30-24-8-4-2-6-22(24)27-10-11-28-23-7-3-5-9-25(23)31-17-20(15-21)32-19;;;;/h14-15,22-25,27-28,30-31H,2-13,16-18H2,1H3,(H,29,33);1H4;2*1H;/q;;;;+2/p-2/t22-,23-,24-,25-;;;;/m1..../s1. The summed E-state index contributed by atoms with van der Waals surface area (Å²) in [5, 5.41) is 18.2. The van der Waals surface area contributed by atoms with Gasteiger partial charge >= 0.3 is 33.3 Å². The summed E-state index contributed by atoms with van der Waals surface area (Å²) in [7, 11) is 11.2. The Bertz CT molecular complexity index is 782. The van der Waals surface area contributed by atoms with Crippen LogP contribution in [0.3, 0.4) is 0 Å². The molecule has 225 valence electrons. The average Bonchev–Trinajstić information content (AvgIpc) is 2.93. The summed E-state index contributed by atoms with van der Waals surface area (Å²) in [5.74, 6) is 0.435. The topological polar surface area (TPSA) is 99.3 Å². The van der Waals surface area contributed by atoms with Crippen LogP contribution in [-0.4, -0.2) is 74.2 Å². The van der Waals surface area contributed by atoms with Gasteiger partial charge in [-0.05, 0) is 37.8 Å². The SMILES string of the molecule is C.COCCNC(=O)CSc1cc2nc(c1)CN[C@@H]1CCCC[C@H]1NCCN[C@@H]1CCCC[C@H]1NC2.[Cl][Mn][Cl]. The van der Waals surface area contributed by atoms with E-state index in [2.05, 4.69) is 38.7 Å². The molecule has 2 aliphatic carbocycles. The van der Waals surface area contributed by atoms with Crippen LogP contribution in [-0.2, 0) is 35.8 Å². The van der Waals surface area contributed by atoms with E-state index in [4.69, 9.17) is 29.9 Å². The van der Waals surface area contributed by atoms with Crippen LogP contribution in [0, 0.1) is 0 Å². The molecule has 2 fully saturated rings. The van der Waals surface area contributed by atoms with Crippen molar-refractivity contribution in [2.45, 2.75) is 101 Å². The van der Waals surface area contributed by atoms with Crippen molar-refractivity contribution >= 4 is 37.9 Å². The van der Waals surface area contributed by atoms with E-state index in [-0.39, 0.29) is 26.5 Å². The van der Waals surface area contributed by atoms with Gasteiger partial charge in [-0.2, -0.15) is 0 Å². The number of nitrogens with zero attached hydrogens (tertiary/aromatic N) is 1. The molecule has 39 heavy (non-hydrogen) atoms. The number of ether oxygens (including phenoxy) is 1. The van der Waals surface area contributed by atoms with Gasteiger partial charge in [-0.15, -0.1) is 11.8 Å². The molecule has 12 heteroatoms. The van der Waals surface area contributed by atoms with Crippen LogP contribution in [0.25, 0.3) is 0 Å². The fourth-order valence-corrected chi connectivity index (χ4v) is 6.44. The first-order chi connectivity index (χ1) is 18.6. The van der Waals surface area contributed by atoms with Gasteiger partial charge in [-0.3, -0.25) is 9.78 Å². The molecule has 4 atom stereocenters. The first-order valence-corrected chi connectivity index (χ1v) is 18.0. The first kappa shape index (κ1) is 35.1. The van der Waals surface area contributed by atoms with Crippen LogP contribution in [0.4, 0.5) is 0 Å². The van der Waals surface area contributed by atoms with Crippen molar-refractivity contribution in [2.75, 3.05) is 39.1 Å². The van der Waals surface area contributed by atoms with Gasteiger partial charge in [0, 0.05) is 68.9 Å². The zero-order valence-corrected chi connectivity index (χ0v) is 25.9. The summed E-state index contributed by atoms with van der Waals surface area (Å²) in [6, 6.07) is 6.29. The molecule has 1 aromatic rings. The van der Waals surface area contributed by atoms with Gasteiger partial charge in [-0.25, -0.2) is 0 Å². The van der Waals surface area contributed by atoms with Crippen LogP contribution in [0.15, 0.2) is 17.0 Å². The number of fused-ring (bicyclic) bond motifs is 4. The Morgan fingerprint density at radius 2 is 1.41 bits per heavy atom. The summed E-state index contributed by atoms with van der Waals surface area (Å²) in [4.78, 5) is 18.3. The molecular formula is C27H48Cl2MnN6O2S. The number of methoxy groups -OCH3 is 1. The van der Waals surface area contributed by atoms with Gasteiger partial charge in [0.15, 0.2) is 0 Å². The molecule has 3 aliphatic rings. The molecule has 0 unspecified atom stereocenters. The fraction of sp³-hybridized carbons (Fsp3) is 0.778. The number of hydrogen-bond donors (Lipinski definition) is 5. The van der Waals surface area contributed by atoms with Gasteiger partial charge in [0.05, 0.1) is 23.7 Å². The van der Waals surface area contributed by atoms with Crippen molar-refractivity contribution in [2.24, 2.45) is 0 Å². The van der Waals surface area contributed by atoms with Crippen molar-refractivity contribution in [3.8, 4) is 0 Å². The Labute approximate surface area is 254 Å².